The van der Waals surface area contributed by atoms with E-state index < -0.39 is 5.82 Å². The van der Waals surface area contributed by atoms with Gasteiger partial charge >= 0.3 is 0 Å². The molecule has 0 radical (unpaired) electrons. The third-order valence-corrected chi connectivity index (χ3v) is 5.27. The van der Waals surface area contributed by atoms with Crippen LogP contribution in [-0.2, 0) is 17.8 Å². The highest BCUT2D eigenvalue weighted by Crippen LogP contribution is 2.26. The highest BCUT2D eigenvalue weighted by Gasteiger charge is 2.19. The van der Waals surface area contributed by atoms with Gasteiger partial charge in [0.05, 0.1) is 43.9 Å². The van der Waals surface area contributed by atoms with Gasteiger partial charge in [-0.1, -0.05) is 0 Å². The predicted molar refractivity (Wildman–Crippen MR) is 122 cm³/mol. The number of ether oxygens (including phenoxy) is 1. The Morgan fingerprint density at radius 1 is 1.19 bits per heavy atom. The van der Waals surface area contributed by atoms with E-state index in [1.807, 2.05) is 35.5 Å². The summed E-state index contributed by atoms with van der Waals surface area (Å²) in [6.45, 7) is 7.33. The van der Waals surface area contributed by atoms with Crippen molar-refractivity contribution < 1.29 is 9.13 Å². The average Bonchev–Trinajstić information content (AvgIpc) is 3.34. The van der Waals surface area contributed by atoms with E-state index in [0.29, 0.717) is 48.1 Å². The topological polar surface area (TPSA) is 95.6 Å². The first-order chi connectivity index (χ1) is 15.1. The molecule has 0 aliphatic carbocycles. The molecule has 1 N–H and O–H groups in total. The lowest BCUT2D eigenvalue weighted by Gasteiger charge is -2.23. The van der Waals surface area contributed by atoms with E-state index in [1.54, 1.807) is 6.20 Å². The normalized spacial score (nSPS) is 16.3. The minimum Gasteiger partial charge on any atom is -0.374 e. The molecule has 11 heteroatoms. The molecule has 0 saturated carbocycles. The van der Waals surface area contributed by atoms with Gasteiger partial charge in [-0.15, -0.1) is 0 Å². The van der Waals surface area contributed by atoms with Crippen LogP contribution >= 0.6 is 13.5 Å². The maximum atomic E-state index is 13.9. The van der Waals surface area contributed by atoms with E-state index in [0.717, 1.165) is 24.3 Å². The average molecular weight is 457 g/mol. The van der Waals surface area contributed by atoms with E-state index in [2.05, 4.69) is 25.4 Å². The third-order valence-electron chi connectivity index (χ3n) is 5.27. The van der Waals surface area contributed by atoms with Crippen LogP contribution in [0.15, 0.2) is 30.9 Å². The quantitative estimate of drug-likeness (QED) is 0.491. The summed E-state index contributed by atoms with van der Waals surface area (Å²) in [6, 6.07) is 1.43. The van der Waals surface area contributed by atoms with Gasteiger partial charge in [0, 0.05) is 36.6 Å². The minimum atomic E-state index is -0.413. The fourth-order valence-corrected chi connectivity index (χ4v) is 3.89. The van der Waals surface area contributed by atoms with Gasteiger partial charge in [-0.25, -0.2) is 19.3 Å². The summed E-state index contributed by atoms with van der Waals surface area (Å²) in [4.78, 5) is 17.8. The molecule has 0 aromatic carbocycles. The first-order valence-electron chi connectivity index (χ1n) is 10.2. The van der Waals surface area contributed by atoms with Crippen LogP contribution < -0.4 is 5.32 Å². The van der Waals surface area contributed by atoms with E-state index in [-0.39, 0.29) is 19.6 Å². The zero-order chi connectivity index (χ0) is 21.4. The number of pyridine rings is 1. The van der Waals surface area contributed by atoms with Crippen LogP contribution in [0.4, 0.5) is 4.39 Å². The molecule has 9 nitrogen and oxygen atoms in total. The van der Waals surface area contributed by atoms with Crippen LogP contribution in [0.1, 0.15) is 17.1 Å². The molecule has 1 unspecified atom stereocenters. The lowest BCUT2D eigenvalue weighted by Crippen LogP contribution is -2.40. The molecule has 5 heterocycles. The first-order valence-corrected chi connectivity index (χ1v) is 10.2. The fourth-order valence-electron chi connectivity index (χ4n) is 3.89. The Kier molecular flexibility index (Phi) is 6.49. The van der Waals surface area contributed by atoms with Gasteiger partial charge in [-0.3, -0.25) is 9.67 Å². The second kappa shape index (κ2) is 9.31. The van der Waals surface area contributed by atoms with Crippen LogP contribution in [0, 0.1) is 19.7 Å². The zero-order valence-corrected chi connectivity index (χ0v) is 18.9. The lowest BCUT2D eigenvalue weighted by atomic mass is 10.2. The van der Waals surface area contributed by atoms with Crippen molar-refractivity contribution in [2.75, 3.05) is 19.7 Å². The molecule has 1 saturated heterocycles. The second-order valence-electron chi connectivity index (χ2n) is 7.71. The Morgan fingerprint density at radius 2 is 2.06 bits per heavy atom. The molecule has 0 bridgehead atoms. The molecule has 0 amide bonds. The molecule has 1 atom stereocenters. The van der Waals surface area contributed by atoms with Crippen LogP contribution in [0.2, 0.25) is 0 Å². The first kappa shape index (κ1) is 22.3. The smallest absolute Gasteiger partial charge is 0.164 e. The van der Waals surface area contributed by atoms with Gasteiger partial charge in [0.2, 0.25) is 0 Å². The summed E-state index contributed by atoms with van der Waals surface area (Å²) in [5, 5.41) is 7.82. The van der Waals surface area contributed by atoms with E-state index in [4.69, 9.17) is 9.72 Å². The molecule has 5 rings (SSSR count). The van der Waals surface area contributed by atoms with Crippen molar-refractivity contribution >= 4 is 24.7 Å². The maximum absolute atomic E-state index is 13.9. The van der Waals surface area contributed by atoms with Gasteiger partial charge in [0.1, 0.15) is 23.0 Å². The molecule has 0 spiro atoms. The highest BCUT2D eigenvalue weighted by atomic mass is 32.1. The number of hydrogen-bond donors (Lipinski definition) is 1. The van der Waals surface area contributed by atoms with E-state index in [9.17, 15) is 4.39 Å². The Hall–Kier alpha value is -2.89. The summed E-state index contributed by atoms with van der Waals surface area (Å²) in [5.41, 5.74) is 3.76. The number of morpholine rings is 1. The maximum Gasteiger partial charge on any atom is 0.164 e. The van der Waals surface area contributed by atoms with Crippen molar-refractivity contribution in [1.29, 1.82) is 0 Å². The number of fused-ring (bicyclic) bond motifs is 1. The lowest BCUT2D eigenvalue weighted by molar-refractivity contribution is 0.0161. The zero-order valence-electron chi connectivity index (χ0n) is 17.9. The highest BCUT2D eigenvalue weighted by molar-refractivity contribution is 7.59. The minimum absolute atomic E-state index is 0. The number of aromatic nitrogens is 7. The van der Waals surface area contributed by atoms with Gasteiger partial charge in [-0.2, -0.15) is 18.6 Å². The monoisotopic (exact) mass is 456 g/mol. The number of hydrogen-bond acceptors (Lipinski definition) is 7. The van der Waals surface area contributed by atoms with Crippen LogP contribution in [0.25, 0.3) is 22.6 Å². The molecule has 1 aliphatic heterocycles. The summed E-state index contributed by atoms with van der Waals surface area (Å²) >= 11 is 0. The molecule has 4 aromatic heterocycles. The van der Waals surface area contributed by atoms with Crippen molar-refractivity contribution in [3.63, 3.8) is 0 Å². The summed E-state index contributed by atoms with van der Waals surface area (Å²) in [5.74, 6) is 0.842. The van der Waals surface area contributed by atoms with Crippen LogP contribution in [-0.4, -0.2) is 60.1 Å². The van der Waals surface area contributed by atoms with Crippen molar-refractivity contribution in [2.45, 2.75) is 33.0 Å². The Bertz CT molecular complexity index is 1230. The van der Waals surface area contributed by atoms with Gasteiger partial charge in [0.25, 0.3) is 0 Å². The van der Waals surface area contributed by atoms with Crippen molar-refractivity contribution in [3.8, 4) is 11.4 Å². The number of halogens is 1. The number of nitrogens with one attached hydrogen (secondary N) is 1. The van der Waals surface area contributed by atoms with Crippen LogP contribution in [0.5, 0.6) is 0 Å². The predicted octanol–water partition coefficient (Wildman–Crippen LogP) is 1.99. The number of imidazole rings is 1. The third kappa shape index (κ3) is 4.50. The van der Waals surface area contributed by atoms with Crippen molar-refractivity contribution in [2.24, 2.45) is 0 Å². The summed E-state index contributed by atoms with van der Waals surface area (Å²) in [7, 11) is 0. The Morgan fingerprint density at radius 3 is 2.84 bits per heavy atom. The van der Waals surface area contributed by atoms with E-state index >= 15 is 0 Å². The van der Waals surface area contributed by atoms with Crippen molar-refractivity contribution in [3.05, 3.63) is 53.8 Å². The van der Waals surface area contributed by atoms with Crippen molar-refractivity contribution in [1.82, 2.24) is 39.6 Å². The number of nitrogens with zero attached hydrogens (tertiary/aromatic N) is 7. The largest absolute Gasteiger partial charge is 0.374 e. The number of rotatable bonds is 5. The van der Waals surface area contributed by atoms with Gasteiger partial charge < -0.3 is 14.6 Å². The van der Waals surface area contributed by atoms with E-state index in [1.165, 1.54) is 12.3 Å². The SMILES string of the molecule is Cc1nc(C)c2nc(-c3cncc(F)c3)n(Cc3cnn(CC4CNCCO4)c3)c2n1.S. The molecular weight excluding hydrogens is 431 g/mol. The molecule has 4 aromatic rings. The second-order valence-corrected chi connectivity index (χ2v) is 7.71. The van der Waals surface area contributed by atoms with Crippen LogP contribution in [0.3, 0.4) is 0 Å². The summed E-state index contributed by atoms with van der Waals surface area (Å²) in [6.07, 6.45) is 6.71. The molecule has 1 fully saturated rings. The molecule has 168 valence electrons. The Balaban J connectivity index is 0.00000245. The Labute approximate surface area is 191 Å². The molecule has 32 heavy (non-hydrogen) atoms. The molecule has 1 aliphatic rings. The van der Waals surface area contributed by atoms with Gasteiger partial charge in [-0.05, 0) is 19.9 Å². The molecular formula is C21H25FN8OS. The number of aryl methyl sites for hydroxylation is 2. The van der Waals surface area contributed by atoms with Gasteiger partial charge in [0.15, 0.2) is 5.65 Å². The summed E-state index contributed by atoms with van der Waals surface area (Å²) < 4.78 is 23.5. The fraction of sp³-hybridized carbons (Fsp3) is 0.381. The standard InChI is InChI=1S/C21H23FN8O.H2S/c1-13-19-21(27-14(2)26-13)30(20(28-19)16-5-17(22)8-24-7-16)11-15-6-25-29(10-15)12-18-9-23-3-4-31-18;/h5-8,10,18,23H,3-4,9,11-12H2,1-2H3;1H2.